The lowest BCUT2D eigenvalue weighted by atomic mass is 10.1. The van der Waals surface area contributed by atoms with Gasteiger partial charge >= 0.3 is 12.0 Å². The van der Waals surface area contributed by atoms with Crippen molar-refractivity contribution in [3.63, 3.8) is 0 Å². The van der Waals surface area contributed by atoms with Crippen LogP contribution in [0.15, 0.2) is 54.6 Å². The van der Waals surface area contributed by atoms with Gasteiger partial charge in [-0.1, -0.05) is 56.3 Å². The zero-order valence-corrected chi connectivity index (χ0v) is 16.6. The van der Waals surface area contributed by atoms with E-state index in [1.807, 2.05) is 56.3 Å². The Bertz CT molecular complexity index is 804. The van der Waals surface area contributed by atoms with Crippen molar-refractivity contribution in [3.05, 3.63) is 54.6 Å². The van der Waals surface area contributed by atoms with Crippen LogP contribution in [0.25, 0.3) is 11.1 Å². The number of urea groups is 1. The van der Waals surface area contributed by atoms with Crippen molar-refractivity contribution in [1.29, 1.82) is 0 Å². The number of amides is 3. The Labute approximate surface area is 170 Å². The maximum absolute atomic E-state index is 11.7. The maximum atomic E-state index is 11.7. The number of carbonyl (C=O) groups is 3. The highest BCUT2D eigenvalue weighted by atomic mass is 16.6. The Morgan fingerprint density at radius 1 is 0.897 bits per heavy atom. The fourth-order valence-electron chi connectivity index (χ4n) is 2.39. The first-order valence-corrected chi connectivity index (χ1v) is 9.45. The van der Waals surface area contributed by atoms with Gasteiger partial charge in [0, 0.05) is 6.54 Å². The van der Waals surface area contributed by atoms with E-state index in [-0.39, 0.29) is 6.61 Å². The largest absolute Gasteiger partial charge is 0.482 e. The summed E-state index contributed by atoms with van der Waals surface area (Å²) in [4.78, 5) is 34.8. The minimum Gasteiger partial charge on any atom is -0.482 e. The molecule has 29 heavy (non-hydrogen) atoms. The first-order valence-electron chi connectivity index (χ1n) is 9.45. The minimum absolute atomic E-state index is 0.335. The molecule has 0 fully saturated rings. The average Bonchev–Trinajstić information content (AvgIpc) is 2.71. The van der Waals surface area contributed by atoms with E-state index in [1.165, 1.54) is 0 Å². The van der Waals surface area contributed by atoms with E-state index < -0.39 is 24.5 Å². The van der Waals surface area contributed by atoms with Gasteiger partial charge in [0.05, 0.1) is 0 Å². The van der Waals surface area contributed by atoms with Crippen LogP contribution in [0, 0.1) is 5.92 Å². The molecular weight excluding hydrogens is 372 g/mol. The molecule has 2 N–H and O–H groups in total. The molecule has 0 spiro atoms. The highest BCUT2D eigenvalue weighted by Crippen LogP contribution is 2.21. The van der Waals surface area contributed by atoms with E-state index in [0.717, 1.165) is 17.5 Å². The number of hydrogen-bond donors (Lipinski definition) is 2. The smallest absolute Gasteiger partial charge is 0.344 e. The molecule has 0 aliphatic carbocycles. The predicted octanol–water partition coefficient (Wildman–Crippen LogP) is 3.15. The molecule has 0 saturated heterocycles. The monoisotopic (exact) mass is 398 g/mol. The summed E-state index contributed by atoms with van der Waals surface area (Å²) in [5.74, 6) is -0.447. The third kappa shape index (κ3) is 8.47. The number of esters is 1. The topological polar surface area (TPSA) is 93.7 Å². The molecule has 0 aromatic heterocycles. The van der Waals surface area contributed by atoms with Crippen molar-refractivity contribution in [2.75, 3.05) is 19.8 Å². The van der Waals surface area contributed by atoms with Gasteiger partial charge in [-0.2, -0.15) is 0 Å². The van der Waals surface area contributed by atoms with Gasteiger partial charge in [0.1, 0.15) is 5.75 Å². The number of carbonyl (C=O) groups excluding carboxylic acids is 3. The Morgan fingerprint density at radius 3 is 2.21 bits per heavy atom. The molecule has 0 saturated carbocycles. The maximum Gasteiger partial charge on any atom is 0.344 e. The highest BCUT2D eigenvalue weighted by Gasteiger charge is 2.11. The van der Waals surface area contributed by atoms with Crippen LogP contribution >= 0.6 is 0 Å². The number of imide groups is 1. The summed E-state index contributed by atoms with van der Waals surface area (Å²) in [5.41, 5.74) is 2.11. The first kappa shape index (κ1) is 21.9. The van der Waals surface area contributed by atoms with Gasteiger partial charge in [-0.15, -0.1) is 0 Å². The van der Waals surface area contributed by atoms with Gasteiger partial charge in [-0.05, 0) is 35.6 Å². The number of benzene rings is 2. The lowest BCUT2D eigenvalue weighted by Gasteiger charge is -2.09. The zero-order valence-electron chi connectivity index (χ0n) is 16.6. The number of ether oxygens (including phenoxy) is 2. The predicted molar refractivity (Wildman–Crippen MR) is 109 cm³/mol. The third-order valence-electron chi connectivity index (χ3n) is 3.94. The first-order chi connectivity index (χ1) is 13.9. The van der Waals surface area contributed by atoms with Crippen LogP contribution in [0.4, 0.5) is 4.79 Å². The normalized spacial score (nSPS) is 10.3. The van der Waals surface area contributed by atoms with E-state index in [1.54, 1.807) is 12.1 Å². The molecule has 0 heterocycles. The summed E-state index contributed by atoms with van der Waals surface area (Å²) in [6.45, 7) is 3.65. The van der Waals surface area contributed by atoms with E-state index in [0.29, 0.717) is 18.2 Å². The van der Waals surface area contributed by atoms with Crippen molar-refractivity contribution in [3.8, 4) is 16.9 Å². The molecule has 2 aromatic rings. The summed E-state index contributed by atoms with van der Waals surface area (Å²) in [7, 11) is 0. The van der Waals surface area contributed by atoms with Crippen LogP contribution in [0.3, 0.4) is 0 Å². The summed E-state index contributed by atoms with van der Waals surface area (Å²) >= 11 is 0. The van der Waals surface area contributed by atoms with Gasteiger partial charge in [0.25, 0.3) is 5.91 Å². The van der Waals surface area contributed by atoms with Crippen LogP contribution in [0.1, 0.15) is 20.3 Å². The molecule has 0 unspecified atom stereocenters. The molecule has 0 atom stereocenters. The fourth-order valence-corrected chi connectivity index (χ4v) is 2.39. The highest BCUT2D eigenvalue weighted by molar-refractivity contribution is 5.95. The molecule has 3 amide bonds. The number of nitrogens with one attached hydrogen (secondary N) is 2. The SMILES string of the molecule is CC(C)CCNC(=O)NC(=O)COC(=O)COc1ccc(-c2ccccc2)cc1. The van der Waals surface area contributed by atoms with Crippen LogP contribution < -0.4 is 15.4 Å². The van der Waals surface area contributed by atoms with E-state index >= 15 is 0 Å². The van der Waals surface area contributed by atoms with E-state index in [4.69, 9.17) is 9.47 Å². The molecule has 2 aromatic carbocycles. The molecule has 0 aliphatic heterocycles. The molecular formula is C22H26N2O5. The summed E-state index contributed by atoms with van der Waals surface area (Å²) in [5, 5.41) is 4.66. The molecule has 2 rings (SSSR count). The van der Waals surface area contributed by atoms with Gasteiger partial charge in [0.15, 0.2) is 13.2 Å². The summed E-state index contributed by atoms with van der Waals surface area (Å²) in [6, 6.07) is 16.6. The van der Waals surface area contributed by atoms with E-state index in [2.05, 4.69) is 10.6 Å². The summed E-state index contributed by atoms with van der Waals surface area (Å²) in [6.07, 6.45) is 0.806. The molecule has 154 valence electrons. The standard InChI is InChI=1S/C22H26N2O5/c1-16(2)12-13-23-22(27)24-20(25)14-29-21(26)15-28-19-10-8-18(9-11-19)17-6-4-3-5-7-17/h3-11,16H,12-15H2,1-2H3,(H2,23,24,25,27). The molecule has 7 nitrogen and oxygen atoms in total. The lowest BCUT2D eigenvalue weighted by Crippen LogP contribution is -2.42. The van der Waals surface area contributed by atoms with Gasteiger partial charge in [0.2, 0.25) is 0 Å². The second-order valence-electron chi connectivity index (χ2n) is 6.83. The Balaban J connectivity index is 1.66. The zero-order chi connectivity index (χ0) is 21.1. The van der Waals surface area contributed by atoms with Gasteiger partial charge in [-0.3, -0.25) is 10.1 Å². The van der Waals surface area contributed by atoms with Crippen molar-refractivity contribution in [1.82, 2.24) is 10.6 Å². The van der Waals surface area contributed by atoms with E-state index in [9.17, 15) is 14.4 Å². The van der Waals surface area contributed by atoms with Crippen LogP contribution in [0.2, 0.25) is 0 Å². The van der Waals surface area contributed by atoms with Crippen LogP contribution in [-0.4, -0.2) is 37.7 Å². The van der Waals surface area contributed by atoms with Crippen molar-refractivity contribution in [2.45, 2.75) is 20.3 Å². The van der Waals surface area contributed by atoms with Gasteiger partial charge in [-0.25, -0.2) is 9.59 Å². The molecule has 0 aliphatic rings. The molecule has 0 bridgehead atoms. The third-order valence-corrected chi connectivity index (χ3v) is 3.94. The fraction of sp³-hybridized carbons (Fsp3) is 0.318. The second kappa shape index (κ2) is 11.5. The van der Waals surface area contributed by atoms with Crippen molar-refractivity contribution < 1.29 is 23.9 Å². The average molecular weight is 398 g/mol. The summed E-state index contributed by atoms with van der Waals surface area (Å²) < 4.78 is 10.2. The van der Waals surface area contributed by atoms with Crippen molar-refractivity contribution in [2.24, 2.45) is 5.92 Å². The quantitative estimate of drug-likeness (QED) is 0.633. The minimum atomic E-state index is -0.701. The molecule has 0 radical (unpaired) electrons. The molecule has 7 heteroatoms. The van der Waals surface area contributed by atoms with Crippen LogP contribution in [-0.2, 0) is 14.3 Å². The Kier molecular flexibility index (Phi) is 8.69. The second-order valence-corrected chi connectivity index (χ2v) is 6.83. The number of hydrogen-bond acceptors (Lipinski definition) is 5. The number of rotatable bonds is 9. The van der Waals surface area contributed by atoms with Crippen LogP contribution in [0.5, 0.6) is 5.75 Å². The van der Waals surface area contributed by atoms with Crippen molar-refractivity contribution >= 4 is 17.9 Å². The Hall–Kier alpha value is -3.35. The lowest BCUT2D eigenvalue weighted by molar-refractivity contribution is -0.150. The Morgan fingerprint density at radius 2 is 1.55 bits per heavy atom. The van der Waals surface area contributed by atoms with Gasteiger partial charge < -0.3 is 14.8 Å².